The van der Waals surface area contributed by atoms with Gasteiger partial charge in [-0.25, -0.2) is 0 Å². The molecule has 0 heterocycles. The number of hydrogen-bond donors (Lipinski definition) is 2. The first kappa shape index (κ1) is 16.6. The molecule has 4 nitrogen and oxygen atoms in total. The van der Waals surface area contributed by atoms with Gasteiger partial charge in [-0.05, 0) is 31.0 Å². The van der Waals surface area contributed by atoms with Crippen LogP contribution in [0.5, 0.6) is 0 Å². The molecule has 0 spiro atoms. The second-order valence-electron chi connectivity index (χ2n) is 5.05. The zero-order valence-electron chi connectivity index (χ0n) is 11.5. The predicted octanol–water partition coefficient (Wildman–Crippen LogP) is 2.61. The van der Waals surface area contributed by atoms with Gasteiger partial charge in [0.25, 0.3) is 5.91 Å². The monoisotopic (exact) mass is 334 g/mol. The molecule has 1 aliphatic rings. The summed E-state index contributed by atoms with van der Waals surface area (Å²) in [5, 5.41) is 4.91. The number of carbonyl (C=O) groups is 2. The normalized spacial score (nSPS) is 14.5. The van der Waals surface area contributed by atoms with E-state index < -0.39 is 17.6 Å². The lowest BCUT2D eigenvalue weighted by molar-refractivity contribution is -0.137. The van der Waals surface area contributed by atoms with E-state index in [1.54, 1.807) is 0 Å². The van der Waals surface area contributed by atoms with Crippen molar-refractivity contribution in [2.45, 2.75) is 19.0 Å². The lowest BCUT2D eigenvalue weighted by Crippen LogP contribution is -2.35. The summed E-state index contributed by atoms with van der Waals surface area (Å²) in [7, 11) is 0. The van der Waals surface area contributed by atoms with Gasteiger partial charge in [0.2, 0.25) is 5.91 Å². The molecule has 0 saturated heterocycles. The molecule has 120 valence electrons. The Balaban J connectivity index is 1.88. The van der Waals surface area contributed by atoms with Crippen molar-refractivity contribution in [2.75, 3.05) is 13.1 Å². The lowest BCUT2D eigenvalue weighted by atomic mass is 10.1. The highest BCUT2D eigenvalue weighted by atomic mass is 35.5. The summed E-state index contributed by atoms with van der Waals surface area (Å²) >= 11 is 5.61. The number of carbonyl (C=O) groups excluding carboxylic acids is 2. The van der Waals surface area contributed by atoms with Crippen LogP contribution in [-0.2, 0) is 11.0 Å². The van der Waals surface area contributed by atoms with E-state index in [-0.39, 0.29) is 35.5 Å². The second kappa shape index (κ2) is 6.56. The van der Waals surface area contributed by atoms with Crippen LogP contribution >= 0.6 is 11.6 Å². The summed E-state index contributed by atoms with van der Waals surface area (Å²) in [6.45, 7) is 0.360. The third-order valence-electron chi connectivity index (χ3n) is 3.15. The Hall–Kier alpha value is -1.76. The highest BCUT2D eigenvalue weighted by Crippen LogP contribution is 2.32. The molecule has 1 saturated carbocycles. The van der Waals surface area contributed by atoms with Crippen LogP contribution < -0.4 is 10.6 Å². The zero-order chi connectivity index (χ0) is 16.3. The number of benzene rings is 1. The highest BCUT2D eigenvalue weighted by Gasteiger charge is 2.32. The molecule has 1 fully saturated rings. The first-order valence-electron chi connectivity index (χ1n) is 6.71. The number of alkyl halides is 3. The van der Waals surface area contributed by atoms with Gasteiger partial charge in [-0.2, -0.15) is 13.2 Å². The number of amides is 2. The lowest BCUT2D eigenvalue weighted by Gasteiger charge is -2.10. The van der Waals surface area contributed by atoms with E-state index in [0.29, 0.717) is 0 Å². The van der Waals surface area contributed by atoms with Crippen molar-refractivity contribution < 1.29 is 22.8 Å². The summed E-state index contributed by atoms with van der Waals surface area (Å²) < 4.78 is 38.0. The smallest absolute Gasteiger partial charge is 0.354 e. The molecular weight excluding hydrogens is 321 g/mol. The van der Waals surface area contributed by atoms with Crippen LogP contribution in [0.15, 0.2) is 18.2 Å². The molecule has 0 radical (unpaired) electrons. The molecule has 0 aromatic heterocycles. The summed E-state index contributed by atoms with van der Waals surface area (Å²) in [4.78, 5) is 23.2. The Morgan fingerprint density at radius 3 is 2.36 bits per heavy atom. The first-order valence-corrected chi connectivity index (χ1v) is 7.09. The minimum atomic E-state index is -4.57. The number of rotatable bonds is 5. The highest BCUT2D eigenvalue weighted by molar-refractivity contribution is 6.31. The third kappa shape index (κ3) is 4.62. The predicted molar refractivity (Wildman–Crippen MR) is 74.5 cm³/mol. The third-order valence-corrected chi connectivity index (χ3v) is 3.36. The van der Waals surface area contributed by atoms with E-state index in [1.165, 1.54) is 0 Å². The van der Waals surface area contributed by atoms with Crippen LogP contribution in [0.2, 0.25) is 5.02 Å². The number of hydrogen-bond acceptors (Lipinski definition) is 2. The van der Waals surface area contributed by atoms with Crippen LogP contribution in [0.1, 0.15) is 28.8 Å². The Labute approximate surface area is 130 Å². The topological polar surface area (TPSA) is 58.2 Å². The molecule has 0 bridgehead atoms. The van der Waals surface area contributed by atoms with Crippen LogP contribution in [0.4, 0.5) is 13.2 Å². The summed E-state index contributed by atoms with van der Waals surface area (Å²) in [6, 6.07) is 2.66. The van der Waals surface area contributed by atoms with E-state index >= 15 is 0 Å². The van der Waals surface area contributed by atoms with E-state index in [0.717, 1.165) is 31.0 Å². The molecule has 1 aromatic rings. The maximum Gasteiger partial charge on any atom is 0.416 e. The Morgan fingerprint density at radius 2 is 1.77 bits per heavy atom. The first-order chi connectivity index (χ1) is 10.3. The average molecular weight is 335 g/mol. The van der Waals surface area contributed by atoms with Gasteiger partial charge >= 0.3 is 6.18 Å². The average Bonchev–Trinajstić information content (AvgIpc) is 3.26. The van der Waals surface area contributed by atoms with Crippen molar-refractivity contribution in [2.24, 2.45) is 5.92 Å². The van der Waals surface area contributed by atoms with Crippen molar-refractivity contribution in [3.8, 4) is 0 Å². The van der Waals surface area contributed by atoms with Gasteiger partial charge < -0.3 is 10.6 Å². The van der Waals surface area contributed by atoms with Crippen molar-refractivity contribution >= 4 is 23.4 Å². The Bertz CT molecular complexity index is 586. The van der Waals surface area contributed by atoms with Crippen molar-refractivity contribution in [3.05, 3.63) is 34.3 Å². The van der Waals surface area contributed by atoms with Gasteiger partial charge in [0, 0.05) is 29.6 Å². The summed E-state index contributed by atoms with van der Waals surface area (Å²) in [5.41, 5.74) is -1.15. The molecule has 8 heteroatoms. The summed E-state index contributed by atoms with van der Waals surface area (Å²) in [6.07, 6.45) is -2.82. The number of halogens is 4. The maximum absolute atomic E-state index is 12.7. The Morgan fingerprint density at radius 1 is 1.14 bits per heavy atom. The standard InChI is InChI=1S/C14H14ClF3N2O2/c15-11-6-9(5-10(7-11)14(16,17)18)13(22)20-4-3-19-12(21)8-1-2-8/h5-8H,1-4H2,(H,19,21)(H,20,22). The fraction of sp³-hybridized carbons (Fsp3) is 0.429. The van der Waals surface area contributed by atoms with Gasteiger partial charge in [-0.15, -0.1) is 0 Å². The molecule has 0 unspecified atom stereocenters. The molecule has 0 aliphatic heterocycles. The largest absolute Gasteiger partial charge is 0.416 e. The minimum absolute atomic E-state index is 0.0589. The molecule has 22 heavy (non-hydrogen) atoms. The van der Waals surface area contributed by atoms with Gasteiger partial charge in [0.05, 0.1) is 5.56 Å². The van der Waals surface area contributed by atoms with Gasteiger partial charge in [-0.3, -0.25) is 9.59 Å². The molecule has 0 atom stereocenters. The summed E-state index contributed by atoms with van der Waals surface area (Å²) in [5.74, 6) is -0.664. The molecule has 1 aliphatic carbocycles. The SMILES string of the molecule is O=C(NCCNC(=O)C1CC1)c1cc(Cl)cc(C(F)(F)F)c1. The van der Waals surface area contributed by atoms with Crippen molar-refractivity contribution in [3.63, 3.8) is 0 Å². The van der Waals surface area contributed by atoms with Crippen LogP contribution in [0, 0.1) is 5.92 Å². The quantitative estimate of drug-likeness (QED) is 0.813. The minimum Gasteiger partial charge on any atom is -0.354 e. The fourth-order valence-corrected chi connectivity index (χ4v) is 2.07. The van der Waals surface area contributed by atoms with Crippen molar-refractivity contribution in [1.82, 2.24) is 10.6 Å². The molecule has 2 N–H and O–H groups in total. The molecule has 1 aromatic carbocycles. The van der Waals surface area contributed by atoms with Gasteiger partial charge in [0.1, 0.15) is 0 Å². The van der Waals surface area contributed by atoms with E-state index in [4.69, 9.17) is 11.6 Å². The number of nitrogens with one attached hydrogen (secondary N) is 2. The van der Waals surface area contributed by atoms with Crippen LogP contribution in [0.3, 0.4) is 0 Å². The Kier molecular flexibility index (Phi) is 4.95. The van der Waals surface area contributed by atoms with Gasteiger partial charge in [-0.1, -0.05) is 11.6 Å². The second-order valence-corrected chi connectivity index (χ2v) is 5.48. The maximum atomic E-state index is 12.7. The molecular formula is C14H14ClF3N2O2. The molecule has 2 rings (SSSR count). The van der Waals surface area contributed by atoms with E-state index in [2.05, 4.69) is 10.6 Å². The fourth-order valence-electron chi connectivity index (χ4n) is 1.84. The van der Waals surface area contributed by atoms with Gasteiger partial charge in [0.15, 0.2) is 0 Å². The van der Waals surface area contributed by atoms with E-state index in [9.17, 15) is 22.8 Å². The zero-order valence-corrected chi connectivity index (χ0v) is 12.2. The van der Waals surface area contributed by atoms with E-state index in [1.807, 2.05) is 0 Å². The molecule has 2 amide bonds. The van der Waals surface area contributed by atoms with Crippen LogP contribution in [0.25, 0.3) is 0 Å². The van der Waals surface area contributed by atoms with Crippen molar-refractivity contribution in [1.29, 1.82) is 0 Å². The van der Waals surface area contributed by atoms with Crippen LogP contribution in [-0.4, -0.2) is 24.9 Å².